The van der Waals surface area contributed by atoms with Crippen LogP contribution in [0, 0.1) is 0 Å². The third-order valence-electron chi connectivity index (χ3n) is 2.15. The molecular formula is C11H11ClO6S. The second kappa shape index (κ2) is 5.94. The molecule has 0 aromatic heterocycles. The zero-order valence-electron chi connectivity index (χ0n) is 10.1. The maximum atomic E-state index is 11.5. The largest absolute Gasteiger partial charge is 0.493 e. The molecule has 1 rings (SSSR count). The zero-order valence-corrected chi connectivity index (χ0v) is 11.7. The molecule has 0 aliphatic rings. The lowest BCUT2D eigenvalue weighted by atomic mass is 10.2. The molecule has 1 aromatic rings. The molecule has 1 N–H and O–H groups in total. The van der Waals surface area contributed by atoms with Crippen molar-refractivity contribution in [2.75, 3.05) is 14.2 Å². The molecule has 0 bridgehead atoms. The lowest BCUT2D eigenvalue weighted by molar-refractivity contribution is -0.131. The second-order valence-electron chi connectivity index (χ2n) is 3.36. The van der Waals surface area contributed by atoms with E-state index in [0.717, 1.165) is 6.08 Å². The number of carboxylic acid groups (broad SMARTS) is 1. The van der Waals surface area contributed by atoms with Crippen LogP contribution in [0.15, 0.2) is 23.1 Å². The number of methoxy groups -OCH3 is 2. The number of halogens is 1. The molecule has 0 spiro atoms. The molecule has 19 heavy (non-hydrogen) atoms. The SMILES string of the molecule is COc1cc(C=CC(=O)O)cc(S(=O)(=O)Cl)c1OC. The molecule has 8 heteroatoms. The predicted molar refractivity (Wildman–Crippen MR) is 69.3 cm³/mol. The smallest absolute Gasteiger partial charge is 0.328 e. The fourth-order valence-corrected chi connectivity index (χ4v) is 2.42. The van der Waals surface area contributed by atoms with Crippen molar-refractivity contribution in [1.82, 2.24) is 0 Å². The minimum absolute atomic E-state index is 0.0371. The Hall–Kier alpha value is -1.73. The molecule has 1 aromatic carbocycles. The standard InChI is InChI=1S/C11H11ClO6S/c1-17-8-5-7(3-4-10(13)14)6-9(11(8)18-2)19(12,15)16/h3-6H,1-2H3,(H,13,14). The van der Waals surface area contributed by atoms with Gasteiger partial charge in [0.05, 0.1) is 14.2 Å². The Labute approximate surface area is 114 Å². The molecule has 0 aliphatic heterocycles. The second-order valence-corrected chi connectivity index (χ2v) is 5.90. The maximum Gasteiger partial charge on any atom is 0.328 e. The molecular weight excluding hydrogens is 296 g/mol. The highest BCUT2D eigenvalue weighted by Crippen LogP contribution is 2.37. The summed E-state index contributed by atoms with van der Waals surface area (Å²) < 4.78 is 32.9. The van der Waals surface area contributed by atoms with Crippen molar-refractivity contribution >= 4 is 31.8 Å². The lowest BCUT2D eigenvalue weighted by Crippen LogP contribution is -2.00. The first-order chi connectivity index (χ1) is 8.79. The third-order valence-corrected chi connectivity index (χ3v) is 3.48. The summed E-state index contributed by atoms with van der Waals surface area (Å²) in [6, 6.07) is 2.63. The van der Waals surface area contributed by atoms with Crippen molar-refractivity contribution in [1.29, 1.82) is 0 Å². The van der Waals surface area contributed by atoms with E-state index in [9.17, 15) is 13.2 Å². The van der Waals surface area contributed by atoms with Crippen LogP contribution in [0.3, 0.4) is 0 Å². The highest BCUT2D eigenvalue weighted by Gasteiger charge is 2.21. The van der Waals surface area contributed by atoms with Crippen LogP contribution >= 0.6 is 10.7 Å². The number of benzene rings is 1. The van der Waals surface area contributed by atoms with Crippen LogP contribution in [0.4, 0.5) is 0 Å². The molecule has 6 nitrogen and oxygen atoms in total. The van der Waals surface area contributed by atoms with Crippen molar-refractivity contribution in [3.8, 4) is 11.5 Å². The van der Waals surface area contributed by atoms with Crippen LogP contribution in [0.1, 0.15) is 5.56 Å². The summed E-state index contributed by atoms with van der Waals surface area (Å²) in [6.07, 6.45) is 2.09. The van der Waals surface area contributed by atoms with Crippen LogP contribution in [-0.2, 0) is 13.8 Å². The van der Waals surface area contributed by atoms with Gasteiger partial charge in [0.25, 0.3) is 9.05 Å². The van der Waals surface area contributed by atoms with E-state index >= 15 is 0 Å². The normalized spacial score (nSPS) is 11.5. The van der Waals surface area contributed by atoms with Crippen molar-refractivity contribution < 1.29 is 27.8 Å². The number of rotatable bonds is 5. The molecule has 0 atom stereocenters. The van der Waals surface area contributed by atoms with Crippen LogP contribution in [-0.4, -0.2) is 33.7 Å². The first-order valence-corrected chi connectivity index (χ1v) is 7.22. The quantitative estimate of drug-likeness (QED) is 0.658. The Bertz CT molecular complexity index is 620. The highest BCUT2D eigenvalue weighted by atomic mass is 35.7. The van der Waals surface area contributed by atoms with Crippen LogP contribution in [0.2, 0.25) is 0 Å². The van der Waals surface area contributed by atoms with Gasteiger partial charge in [-0.05, 0) is 23.8 Å². The van der Waals surface area contributed by atoms with E-state index in [2.05, 4.69) is 0 Å². The van der Waals surface area contributed by atoms with E-state index < -0.39 is 15.0 Å². The third kappa shape index (κ3) is 3.87. The Morgan fingerprint density at radius 3 is 2.37 bits per heavy atom. The number of hydrogen-bond acceptors (Lipinski definition) is 5. The summed E-state index contributed by atoms with van der Waals surface area (Å²) >= 11 is 0. The molecule has 0 amide bonds. The molecule has 0 fully saturated rings. The monoisotopic (exact) mass is 306 g/mol. The molecule has 0 radical (unpaired) electrons. The summed E-state index contributed by atoms with van der Waals surface area (Å²) in [7, 11) is 3.85. The van der Waals surface area contributed by atoms with Crippen molar-refractivity contribution in [3.05, 3.63) is 23.8 Å². The average Bonchev–Trinajstić information content (AvgIpc) is 2.33. The minimum atomic E-state index is -4.05. The van der Waals surface area contributed by atoms with E-state index in [1.165, 1.54) is 32.4 Å². The molecule has 0 aliphatic carbocycles. The average molecular weight is 307 g/mol. The zero-order chi connectivity index (χ0) is 14.6. The summed E-state index contributed by atoms with van der Waals surface area (Å²) in [6.45, 7) is 0. The van der Waals surface area contributed by atoms with E-state index in [1.807, 2.05) is 0 Å². The molecule has 0 heterocycles. The van der Waals surface area contributed by atoms with Gasteiger partial charge in [0, 0.05) is 16.8 Å². The van der Waals surface area contributed by atoms with Gasteiger partial charge in [-0.3, -0.25) is 0 Å². The molecule has 0 saturated carbocycles. The summed E-state index contributed by atoms with van der Waals surface area (Å²) in [5.74, 6) is -1.07. The first kappa shape index (κ1) is 15.3. The highest BCUT2D eigenvalue weighted by molar-refractivity contribution is 8.13. The number of aliphatic carboxylic acids is 1. The van der Waals surface area contributed by atoms with Gasteiger partial charge in [0.2, 0.25) is 0 Å². The maximum absolute atomic E-state index is 11.5. The van der Waals surface area contributed by atoms with Gasteiger partial charge in [0.15, 0.2) is 11.5 Å². The predicted octanol–water partition coefficient (Wildman–Crippen LogP) is 1.73. The summed E-state index contributed by atoms with van der Waals surface area (Å²) in [5, 5.41) is 8.54. The molecule has 104 valence electrons. The van der Waals surface area contributed by atoms with Gasteiger partial charge >= 0.3 is 5.97 Å². The Morgan fingerprint density at radius 2 is 1.95 bits per heavy atom. The minimum Gasteiger partial charge on any atom is -0.493 e. The van der Waals surface area contributed by atoms with E-state index in [0.29, 0.717) is 5.56 Å². The van der Waals surface area contributed by atoms with Gasteiger partial charge in [-0.1, -0.05) is 0 Å². The fourth-order valence-electron chi connectivity index (χ4n) is 1.39. The van der Waals surface area contributed by atoms with Gasteiger partial charge in [-0.2, -0.15) is 0 Å². The van der Waals surface area contributed by atoms with E-state index in [1.54, 1.807) is 0 Å². The van der Waals surface area contributed by atoms with Gasteiger partial charge in [0.1, 0.15) is 4.90 Å². The van der Waals surface area contributed by atoms with E-state index in [-0.39, 0.29) is 16.4 Å². The van der Waals surface area contributed by atoms with Crippen molar-refractivity contribution in [3.63, 3.8) is 0 Å². The number of hydrogen-bond donors (Lipinski definition) is 1. The molecule has 0 saturated heterocycles. The summed E-state index contributed by atoms with van der Waals surface area (Å²) in [5.41, 5.74) is 0.305. The Balaban J connectivity index is 3.52. The molecule has 0 unspecified atom stereocenters. The lowest BCUT2D eigenvalue weighted by Gasteiger charge is -2.11. The fraction of sp³-hybridized carbons (Fsp3) is 0.182. The van der Waals surface area contributed by atoms with Crippen molar-refractivity contribution in [2.24, 2.45) is 0 Å². The Kier molecular flexibility index (Phi) is 4.79. The summed E-state index contributed by atoms with van der Waals surface area (Å²) in [4.78, 5) is 10.2. The first-order valence-electron chi connectivity index (χ1n) is 4.91. The van der Waals surface area contributed by atoms with Gasteiger partial charge < -0.3 is 14.6 Å². The Morgan fingerprint density at radius 1 is 1.32 bits per heavy atom. The van der Waals surface area contributed by atoms with E-state index in [4.69, 9.17) is 25.3 Å². The number of carboxylic acids is 1. The number of ether oxygens (including phenoxy) is 2. The van der Waals surface area contributed by atoms with Crippen LogP contribution in [0.5, 0.6) is 11.5 Å². The van der Waals surface area contributed by atoms with Crippen LogP contribution < -0.4 is 9.47 Å². The van der Waals surface area contributed by atoms with Crippen molar-refractivity contribution in [2.45, 2.75) is 4.90 Å². The topological polar surface area (TPSA) is 89.9 Å². The number of carbonyl (C=O) groups is 1. The van der Waals surface area contributed by atoms with Gasteiger partial charge in [-0.15, -0.1) is 0 Å². The van der Waals surface area contributed by atoms with Crippen LogP contribution in [0.25, 0.3) is 6.08 Å². The van der Waals surface area contributed by atoms with Gasteiger partial charge in [-0.25, -0.2) is 13.2 Å².